The summed E-state index contributed by atoms with van der Waals surface area (Å²) in [5.74, 6) is -1.09. The number of fused-ring (bicyclic) bond motifs is 1. The number of benzene rings is 2. The third kappa shape index (κ3) is 5.91. The smallest absolute Gasteiger partial charge is 0.384 e. The van der Waals surface area contributed by atoms with Crippen molar-refractivity contribution in [2.75, 3.05) is 22.5 Å². The fourth-order valence-electron chi connectivity index (χ4n) is 3.82. The zero-order valence-corrected chi connectivity index (χ0v) is 20.3. The molecule has 0 saturated heterocycles. The van der Waals surface area contributed by atoms with Gasteiger partial charge in [0.25, 0.3) is 11.8 Å². The van der Waals surface area contributed by atoms with Crippen LogP contribution >= 0.6 is 0 Å². The number of H-pyrrole nitrogens is 1. The Kier molecular flexibility index (Phi) is 7.47. The number of rotatable bonds is 8. The van der Waals surface area contributed by atoms with Gasteiger partial charge in [-0.25, -0.2) is 4.98 Å². The molecule has 0 saturated carbocycles. The number of aromatic nitrogens is 2. The van der Waals surface area contributed by atoms with E-state index >= 15 is 0 Å². The van der Waals surface area contributed by atoms with Crippen LogP contribution in [0.1, 0.15) is 51.6 Å². The molecule has 0 fully saturated rings. The normalized spacial score (nSPS) is 11.4. The highest BCUT2D eigenvalue weighted by atomic mass is 19.4. The van der Waals surface area contributed by atoms with Crippen molar-refractivity contribution in [3.63, 3.8) is 0 Å². The summed E-state index contributed by atoms with van der Waals surface area (Å²) in [7, 11) is 0. The van der Waals surface area contributed by atoms with Gasteiger partial charge in [-0.15, -0.1) is 0 Å². The molecule has 10 heteroatoms. The lowest BCUT2D eigenvalue weighted by Gasteiger charge is -2.15. The third-order valence-corrected chi connectivity index (χ3v) is 5.86. The number of carbonyl (C=O) groups is 2. The van der Waals surface area contributed by atoms with Crippen molar-refractivity contribution in [3.8, 4) is 0 Å². The van der Waals surface area contributed by atoms with E-state index in [1.54, 1.807) is 31.3 Å². The molecule has 2 heterocycles. The van der Waals surface area contributed by atoms with Crippen molar-refractivity contribution in [3.05, 3.63) is 83.2 Å². The average molecular weight is 510 g/mol. The number of alkyl halides is 3. The number of anilines is 3. The lowest BCUT2D eigenvalue weighted by molar-refractivity contribution is -0.137. The maximum atomic E-state index is 13.3. The molecule has 0 atom stereocenters. The number of halogens is 3. The van der Waals surface area contributed by atoms with Crippen LogP contribution in [0.5, 0.6) is 0 Å². The summed E-state index contributed by atoms with van der Waals surface area (Å²) in [4.78, 5) is 33.3. The van der Waals surface area contributed by atoms with Crippen LogP contribution in [0.3, 0.4) is 0 Å². The average Bonchev–Trinajstić information content (AvgIpc) is 3.35. The van der Waals surface area contributed by atoms with Crippen LogP contribution in [-0.4, -0.2) is 28.3 Å². The van der Waals surface area contributed by atoms with Crippen LogP contribution in [0.2, 0.25) is 0 Å². The number of carbonyl (C=O) groups excluding carboxylic acids is 2. The number of nitrogens with zero attached hydrogens (tertiary/aromatic N) is 1. The van der Waals surface area contributed by atoms with E-state index in [-0.39, 0.29) is 11.5 Å². The molecule has 4 rings (SSSR count). The summed E-state index contributed by atoms with van der Waals surface area (Å²) in [6, 6.07) is 10.9. The van der Waals surface area contributed by atoms with Gasteiger partial charge in [0.15, 0.2) is 0 Å². The zero-order valence-electron chi connectivity index (χ0n) is 20.3. The van der Waals surface area contributed by atoms with Crippen LogP contribution in [0.25, 0.3) is 11.0 Å². The first-order valence-corrected chi connectivity index (χ1v) is 11.8. The Morgan fingerprint density at radius 1 is 1.03 bits per heavy atom. The minimum atomic E-state index is -4.56. The molecule has 0 unspecified atom stereocenters. The lowest BCUT2D eigenvalue weighted by atomic mass is 10.1. The van der Waals surface area contributed by atoms with Crippen molar-refractivity contribution in [2.45, 2.75) is 32.9 Å². The summed E-state index contributed by atoms with van der Waals surface area (Å²) >= 11 is 0. The Morgan fingerprint density at radius 3 is 2.59 bits per heavy atom. The summed E-state index contributed by atoms with van der Waals surface area (Å²) in [6.45, 7) is 4.56. The quantitative estimate of drug-likeness (QED) is 0.201. The molecule has 4 N–H and O–H groups in total. The first-order chi connectivity index (χ1) is 17.7. The Balaban J connectivity index is 1.56. The monoisotopic (exact) mass is 509 g/mol. The number of unbranched alkanes of at least 4 members (excludes halogenated alkanes) is 1. The highest BCUT2D eigenvalue weighted by molar-refractivity contribution is 6.12. The number of amides is 2. The standard InChI is InChI=1S/C27H26F3N5O2/c1-3-4-11-31-23-20-10-12-32-24(20)33-15-21(23)26(37)35-22-14-19(9-8-16(22)2)34-25(36)17-6-5-7-18(13-17)27(28,29)30/h5-10,12-15H,3-4,11H2,1-2H3,(H,34,36)(H,35,37)(H2,31,32,33). The molecular formula is C27H26F3N5O2. The van der Waals surface area contributed by atoms with Gasteiger partial charge in [-0.05, 0) is 55.3 Å². The molecule has 0 radical (unpaired) electrons. The molecule has 7 nitrogen and oxygen atoms in total. The Hall–Kier alpha value is -4.34. The van der Waals surface area contributed by atoms with E-state index in [1.807, 2.05) is 6.07 Å². The second-order valence-electron chi connectivity index (χ2n) is 8.58. The van der Waals surface area contributed by atoms with Gasteiger partial charge in [0.2, 0.25) is 0 Å². The molecule has 0 spiro atoms. The van der Waals surface area contributed by atoms with Crippen LogP contribution in [0, 0.1) is 6.92 Å². The zero-order chi connectivity index (χ0) is 26.6. The fraction of sp³-hybridized carbons (Fsp3) is 0.222. The van der Waals surface area contributed by atoms with E-state index in [4.69, 9.17) is 0 Å². The molecular weight excluding hydrogens is 483 g/mol. The first kappa shape index (κ1) is 25.7. The highest BCUT2D eigenvalue weighted by Crippen LogP contribution is 2.30. The number of aromatic amines is 1. The molecule has 192 valence electrons. The van der Waals surface area contributed by atoms with E-state index in [9.17, 15) is 22.8 Å². The summed E-state index contributed by atoms with van der Waals surface area (Å²) in [5, 5.41) is 9.60. The van der Waals surface area contributed by atoms with Gasteiger partial charge in [0.1, 0.15) is 5.65 Å². The summed E-state index contributed by atoms with van der Waals surface area (Å²) < 4.78 is 39.1. The number of hydrogen-bond donors (Lipinski definition) is 4. The van der Waals surface area contributed by atoms with Crippen LogP contribution in [0.4, 0.5) is 30.2 Å². The van der Waals surface area contributed by atoms with Gasteiger partial charge in [-0.2, -0.15) is 13.2 Å². The second-order valence-corrected chi connectivity index (χ2v) is 8.58. The molecule has 0 aliphatic rings. The van der Waals surface area contributed by atoms with E-state index in [2.05, 4.69) is 32.8 Å². The fourth-order valence-corrected chi connectivity index (χ4v) is 3.82. The van der Waals surface area contributed by atoms with Crippen molar-refractivity contribution < 1.29 is 22.8 Å². The SMILES string of the molecule is CCCCNc1c(C(=O)Nc2cc(NC(=O)c3cccc(C(F)(F)F)c3)ccc2C)cnc2[nH]ccc12. The van der Waals surface area contributed by atoms with Crippen molar-refractivity contribution in [1.29, 1.82) is 0 Å². The molecule has 4 aromatic rings. The predicted molar refractivity (Wildman–Crippen MR) is 138 cm³/mol. The predicted octanol–water partition coefficient (Wildman–Crippen LogP) is 6.61. The minimum absolute atomic E-state index is 0.130. The molecule has 2 aromatic heterocycles. The Morgan fingerprint density at radius 2 is 1.84 bits per heavy atom. The Labute approximate surface area is 211 Å². The number of aryl methyl sites for hydroxylation is 1. The van der Waals surface area contributed by atoms with Crippen molar-refractivity contribution >= 4 is 39.9 Å². The molecule has 0 aliphatic heterocycles. The summed E-state index contributed by atoms with van der Waals surface area (Å²) in [6.07, 6.45) is 0.623. The van der Waals surface area contributed by atoms with Gasteiger partial charge < -0.3 is 20.9 Å². The number of nitrogens with one attached hydrogen (secondary N) is 4. The van der Waals surface area contributed by atoms with Crippen LogP contribution in [-0.2, 0) is 6.18 Å². The van der Waals surface area contributed by atoms with Crippen molar-refractivity contribution in [2.24, 2.45) is 0 Å². The largest absolute Gasteiger partial charge is 0.416 e. The second kappa shape index (κ2) is 10.7. The molecule has 37 heavy (non-hydrogen) atoms. The third-order valence-electron chi connectivity index (χ3n) is 5.86. The lowest BCUT2D eigenvalue weighted by Crippen LogP contribution is -2.17. The maximum Gasteiger partial charge on any atom is 0.416 e. The van der Waals surface area contributed by atoms with Gasteiger partial charge in [0, 0.05) is 41.3 Å². The summed E-state index contributed by atoms with van der Waals surface area (Å²) in [5.41, 5.74) is 2.16. The Bertz CT molecular complexity index is 1450. The molecule has 0 aliphatic carbocycles. The molecule has 2 amide bonds. The van der Waals surface area contributed by atoms with Gasteiger partial charge in [-0.1, -0.05) is 25.5 Å². The van der Waals surface area contributed by atoms with Crippen LogP contribution in [0.15, 0.2) is 60.9 Å². The van der Waals surface area contributed by atoms with E-state index in [1.165, 1.54) is 18.3 Å². The molecule has 2 aromatic carbocycles. The topological polar surface area (TPSA) is 98.9 Å². The van der Waals surface area contributed by atoms with E-state index < -0.39 is 17.6 Å². The van der Waals surface area contributed by atoms with E-state index in [0.717, 1.165) is 35.9 Å². The minimum Gasteiger partial charge on any atom is -0.384 e. The number of pyridine rings is 1. The number of hydrogen-bond acceptors (Lipinski definition) is 4. The van der Waals surface area contributed by atoms with Crippen LogP contribution < -0.4 is 16.0 Å². The first-order valence-electron chi connectivity index (χ1n) is 11.8. The van der Waals surface area contributed by atoms with Crippen molar-refractivity contribution in [1.82, 2.24) is 9.97 Å². The highest BCUT2D eigenvalue weighted by Gasteiger charge is 2.31. The maximum absolute atomic E-state index is 13.3. The van der Waals surface area contributed by atoms with Gasteiger partial charge >= 0.3 is 6.18 Å². The van der Waals surface area contributed by atoms with Gasteiger partial charge in [-0.3, -0.25) is 9.59 Å². The van der Waals surface area contributed by atoms with E-state index in [0.29, 0.717) is 34.8 Å². The molecule has 0 bridgehead atoms. The van der Waals surface area contributed by atoms with Gasteiger partial charge in [0.05, 0.1) is 16.8 Å².